The van der Waals surface area contributed by atoms with E-state index in [9.17, 15) is 19.2 Å². The molecule has 5 aromatic rings. The van der Waals surface area contributed by atoms with Gasteiger partial charge in [-0.2, -0.15) is 0 Å². The standard InChI is InChI=1S/C41H41N3O10/c1-27-22-44(40(48)42-38(27)46)35-24-43(41(29-14-8-5-9-15-29,30-16-10-6-11-17-30)31-18-12-7-13-19-31)23-32(54-35)25-52-36(45)26-53-39(47)28-20-33(49-2)37(51-4)34(21-28)50-3/h5-22,32,35H,23-26H2,1-4H3,(H,42,46,48). The Morgan fingerprint density at radius 3 is 1.81 bits per heavy atom. The van der Waals surface area contributed by atoms with Gasteiger partial charge in [0.2, 0.25) is 5.75 Å². The van der Waals surface area contributed by atoms with E-state index in [2.05, 4.69) is 46.3 Å². The maximum absolute atomic E-state index is 13.3. The molecule has 2 heterocycles. The zero-order chi connectivity index (χ0) is 38.2. The van der Waals surface area contributed by atoms with Gasteiger partial charge in [0, 0.05) is 24.8 Å². The first kappa shape index (κ1) is 37.6. The summed E-state index contributed by atoms with van der Waals surface area (Å²) >= 11 is 0. The number of nitrogens with zero attached hydrogens (tertiary/aromatic N) is 2. The van der Waals surface area contributed by atoms with Crippen molar-refractivity contribution in [2.24, 2.45) is 0 Å². The number of rotatable bonds is 13. The Hall–Kier alpha value is -6.18. The van der Waals surface area contributed by atoms with Crippen LogP contribution in [0, 0.1) is 6.92 Å². The van der Waals surface area contributed by atoms with Crippen molar-refractivity contribution in [3.8, 4) is 17.2 Å². The number of carbonyl (C=O) groups excluding carboxylic acids is 2. The summed E-state index contributed by atoms with van der Waals surface area (Å²) in [5.74, 6) is -0.836. The van der Waals surface area contributed by atoms with Crippen molar-refractivity contribution in [1.82, 2.24) is 14.5 Å². The van der Waals surface area contributed by atoms with Crippen molar-refractivity contribution in [3.63, 3.8) is 0 Å². The number of benzene rings is 4. The maximum atomic E-state index is 13.3. The van der Waals surface area contributed by atoms with Crippen molar-refractivity contribution >= 4 is 11.9 Å². The van der Waals surface area contributed by atoms with E-state index in [0.717, 1.165) is 16.7 Å². The number of hydrogen-bond donors (Lipinski definition) is 1. The number of nitrogens with one attached hydrogen (secondary N) is 1. The number of esters is 2. The molecule has 6 rings (SSSR count). The smallest absolute Gasteiger partial charge is 0.344 e. The number of aryl methyl sites for hydroxylation is 1. The van der Waals surface area contributed by atoms with Crippen LogP contribution in [0.15, 0.2) is 119 Å². The molecule has 0 radical (unpaired) electrons. The van der Waals surface area contributed by atoms with Crippen LogP contribution in [0.4, 0.5) is 0 Å². The highest BCUT2D eigenvalue weighted by Crippen LogP contribution is 2.44. The second kappa shape index (κ2) is 16.7. The minimum absolute atomic E-state index is 0.0760. The first-order valence-corrected chi connectivity index (χ1v) is 17.2. The molecule has 13 heteroatoms. The molecule has 1 saturated heterocycles. The number of aromatic amines is 1. The summed E-state index contributed by atoms with van der Waals surface area (Å²) in [5, 5.41) is 0. The first-order valence-electron chi connectivity index (χ1n) is 17.2. The van der Waals surface area contributed by atoms with Crippen LogP contribution in [0.5, 0.6) is 17.2 Å². The Morgan fingerprint density at radius 1 is 0.778 bits per heavy atom. The van der Waals surface area contributed by atoms with E-state index in [1.165, 1.54) is 44.2 Å². The van der Waals surface area contributed by atoms with Crippen molar-refractivity contribution in [1.29, 1.82) is 0 Å². The lowest BCUT2D eigenvalue weighted by molar-refractivity contribution is -0.172. The van der Waals surface area contributed by atoms with Gasteiger partial charge in [0.15, 0.2) is 24.3 Å². The van der Waals surface area contributed by atoms with Gasteiger partial charge in [-0.25, -0.2) is 14.4 Å². The molecule has 0 saturated carbocycles. The molecule has 1 aromatic heterocycles. The minimum atomic E-state index is -0.904. The molecule has 4 aromatic carbocycles. The largest absolute Gasteiger partial charge is 0.493 e. The number of carbonyl (C=O) groups is 2. The van der Waals surface area contributed by atoms with Gasteiger partial charge >= 0.3 is 17.6 Å². The first-order chi connectivity index (χ1) is 26.2. The molecular weight excluding hydrogens is 694 g/mol. The number of methoxy groups -OCH3 is 3. The predicted molar refractivity (Wildman–Crippen MR) is 198 cm³/mol. The van der Waals surface area contributed by atoms with Gasteiger partial charge in [0.05, 0.1) is 32.4 Å². The van der Waals surface area contributed by atoms with E-state index in [1.807, 2.05) is 54.6 Å². The lowest BCUT2D eigenvalue weighted by Crippen LogP contribution is -2.58. The number of hydrogen-bond acceptors (Lipinski definition) is 11. The molecule has 280 valence electrons. The van der Waals surface area contributed by atoms with Crippen LogP contribution in [-0.4, -0.2) is 80.1 Å². The maximum Gasteiger partial charge on any atom is 0.344 e. The predicted octanol–water partition coefficient (Wildman–Crippen LogP) is 4.46. The van der Waals surface area contributed by atoms with Crippen molar-refractivity contribution < 1.29 is 38.0 Å². The molecule has 0 spiro atoms. The van der Waals surface area contributed by atoms with Crippen LogP contribution in [0.25, 0.3) is 0 Å². The fourth-order valence-corrected chi connectivity index (χ4v) is 6.86. The number of ether oxygens (including phenoxy) is 6. The fraction of sp³-hybridized carbons (Fsp3) is 0.268. The Bertz CT molecular complexity index is 2070. The quantitative estimate of drug-likeness (QED) is 0.135. The lowest BCUT2D eigenvalue weighted by atomic mass is 9.75. The van der Waals surface area contributed by atoms with Crippen molar-refractivity contribution in [2.75, 3.05) is 47.6 Å². The van der Waals surface area contributed by atoms with Gasteiger partial charge < -0.3 is 28.4 Å². The van der Waals surface area contributed by atoms with Gasteiger partial charge in [-0.15, -0.1) is 0 Å². The van der Waals surface area contributed by atoms with E-state index >= 15 is 0 Å². The lowest BCUT2D eigenvalue weighted by Gasteiger charge is -2.50. The molecule has 54 heavy (non-hydrogen) atoms. The summed E-state index contributed by atoms with van der Waals surface area (Å²) in [5.41, 5.74) is 1.25. The van der Waals surface area contributed by atoms with Gasteiger partial charge in [-0.3, -0.25) is 19.2 Å². The van der Waals surface area contributed by atoms with Crippen LogP contribution in [0.1, 0.15) is 38.8 Å². The van der Waals surface area contributed by atoms with Gasteiger partial charge in [0.25, 0.3) is 5.56 Å². The Kier molecular flexibility index (Phi) is 11.6. The molecule has 13 nitrogen and oxygen atoms in total. The molecule has 1 aliphatic rings. The molecule has 2 atom stereocenters. The summed E-state index contributed by atoms with van der Waals surface area (Å²) in [6.45, 7) is 1.15. The Morgan fingerprint density at radius 2 is 1.31 bits per heavy atom. The van der Waals surface area contributed by atoms with Crippen molar-refractivity contribution in [3.05, 3.63) is 158 Å². The summed E-state index contributed by atoms with van der Waals surface area (Å²) in [6, 6.07) is 32.9. The molecule has 2 unspecified atom stereocenters. The van der Waals surface area contributed by atoms with Gasteiger partial charge in [0.1, 0.15) is 12.7 Å². The molecule has 1 aliphatic heterocycles. The SMILES string of the molecule is COc1cc(C(=O)OCC(=O)OCC2CN(C(c3ccccc3)(c3ccccc3)c3ccccc3)CC(n3cc(C)c(=O)[nH]c3=O)O2)cc(OC)c1OC. The Balaban J connectivity index is 1.31. The summed E-state index contributed by atoms with van der Waals surface area (Å²) < 4.78 is 34.7. The van der Waals surface area contributed by atoms with Gasteiger partial charge in [-0.05, 0) is 35.7 Å². The topological polar surface area (TPSA) is 148 Å². The highest BCUT2D eigenvalue weighted by atomic mass is 16.6. The third-order valence-electron chi connectivity index (χ3n) is 9.31. The zero-order valence-corrected chi connectivity index (χ0v) is 30.4. The third kappa shape index (κ3) is 7.63. The molecule has 0 amide bonds. The summed E-state index contributed by atoms with van der Waals surface area (Å²) in [6.07, 6.45) is -0.206. The van der Waals surface area contributed by atoms with E-state index in [4.69, 9.17) is 28.4 Å². The monoisotopic (exact) mass is 735 g/mol. The fourth-order valence-electron chi connectivity index (χ4n) is 6.86. The Labute approximate surface area is 311 Å². The second-order valence-corrected chi connectivity index (χ2v) is 12.6. The normalized spacial score (nSPS) is 15.9. The van der Waals surface area contributed by atoms with Crippen LogP contribution < -0.4 is 25.5 Å². The number of morpholine rings is 1. The molecular formula is C41H41N3O10. The molecule has 0 bridgehead atoms. The van der Waals surface area contributed by atoms with E-state index in [0.29, 0.717) is 11.3 Å². The number of H-pyrrole nitrogens is 1. The van der Waals surface area contributed by atoms with E-state index in [1.54, 1.807) is 6.92 Å². The van der Waals surface area contributed by atoms with E-state index in [-0.39, 0.29) is 36.8 Å². The van der Waals surface area contributed by atoms with E-state index < -0.39 is 47.7 Å². The van der Waals surface area contributed by atoms with Crippen LogP contribution >= 0.6 is 0 Å². The van der Waals surface area contributed by atoms with Gasteiger partial charge in [-0.1, -0.05) is 91.0 Å². The average Bonchev–Trinajstić information content (AvgIpc) is 3.21. The highest BCUT2D eigenvalue weighted by molar-refractivity contribution is 5.92. The average molecular weight is 736 g/mol. The van der Waals surface area contributed by atoms with Crippen LogP contribution in [-0.2, 0) is 24.5 Å². The minimum Gasteiger partial charge on any atom is -0.493 e. The van der Waals surface area contributed by atoms with Crippen LogP contribution in [0.3, 0.4) is 0 Å². The molecule has 0 aliphatic carbocycles. The number of aromatic nitrogens is 2. The highest BCUT2D eigenvalue weighted by Gasteiger charge is 2.46. The summed E-state index contributed by atoms with van der Waals surface area (Å²) in [7, 11) is 4.28. The zero-order valence-electron chi connectivity index (χ0n) is 30.4. The molecule has 1 fully saturated rings. The summed E-state index contributed by atoms with van der Waals surface area (Å²) in [4.78, 5) is 56.2. The molecule has 1 N–H and O–H groups in total. The van der Waals surface area contributed by atoms with Crippen LogP contribution in [0.2, 0.25) is 0 Å². The van der Waals surface area contributed by atoms with Crippen molar-refractivity contribution in [2.45, 2.75) is 24.8 Å². The third-order valence-corrected chi connectivity index (χ3v) is 9.31. The second-order valence-electron chi connectivity index (χ2n) is 12.6.